The van der Waals surface area contributed by atoms with E-state index in [2.05, 4.69) is 11.4 Å². The highest BCUT2D eigenvalue weighted by atomic mass is 32.2. The minimum absolute atomic E-state index is 0.0706. The lowest BCUT2D eigenvalue weighted by Crippen LogP contribution is -2.26. The molecular weight excluding hydrogens is 310 g/mol. The second-order valence-corrected chi connectivity index (χ2v) is 6.56. The average molecular weight is 335 g/mol. The summed E-state index contributed by atoms with van der Waals surface area (Å²) < 4.78 is 10.5. The fourth-order valence-electron chi connectivity index (χ4n) is 2.60. The highest BCUT2D eigenvalue weighted by molar-refractivity contribution is 8.00. The van der Waals surface area contributed by atoms with Crippen LogP contribution in [0.2, 0.25) is 0 Å². The molecule has 0 aromatic heterocycles. The maximum absolute atomic E-state index is 11.9. The van der Waals surface area contributed by atoms with Crippen LogP contribution in [0, 0.1) is 0 Å². The van der Waals surface area contributed by atoms with E-state index < -0.39 is 0 Å². The van der Waals surface area contributed by atoms with Crippen LogP contribution < -0.4 is 14.8 Å². The van der Waals surface area contributed by atoms with Gasteiger partial charge in [-0.15, -0.1) is 11.8 Å². The molecule has 1 aromatic rings. The maximum atomic E-state index is 11.9. The lowest BCUT2D eigenvalue weighted by atomic mass is 9.97. The Bertz CT molecular complexity index is 557. The molecule has 23 heavy (non-hydrogen) atoms. The Balaban J connectivity index is 1.72. The Morgan fingerprint density at radius 2 is 2.04 bits per heavy atom. The van der Waals surface area contributed by atoms with Crippen molar-refractivity contribution in [3.63, 3.8) is 0 Å². The largest absolute Gasteiger partial charge is 0.493 e. The standard InChI is InChI=1S/C18H25NO3S/c1-21-16-9-8-15(12-17(16)22-2)23-13-18(20)19-11-10-14-6-4-3-5-7-14/h6,8-9,12H,3-5,7,10-11,13H2,1-2H3,(H,19,20). The van der Waals surface area contributed by atoms with Crippen LogP contribution in [0.1, 0.15) is 32.1 Å². The SMILES string of the molecule is COc1ccc(SCC(=O)NCCC2=CCCCC2)cc1OC. The zero-order valence-corrected chi connectivity index (χ0v) is 14.7. The first-order chi connectivity index (χ1) is 11.2. The normalized spacial score (nSPS) is 14.1. The third-order valence-electron chi connectivity index (χ3n) is 3.88. The van der Waals surface area contributed by atoms with E-state index in [-0.39, 0.29) is 5.91 Å². The Kier molecular flexibility index (Phi) is 7.33. The molecule has 0 spiro atoms. The zero-order chi connectivity index (χ0) is 16.5. The van der Waals surface area contributed by atoms with E-state index in [9.17, 15) is 4.79 Å². The Morgan fingerprint density at radius 3 is 2.74 bits per heavy atom. The lowest BCUT2D eigenvalue weighted by Gasteiger charge is -2.13. The van der Waals surface area contributed by atoms with Crippen molar-refractivity contribution in [1.82, 2.24) is 5.32 Å². The molecule has 0 unspecified atom stereocenters. The predicted octanol–water partition coefficient (Wildman–Crippen LogP) is 3.80. The molecule has 0 radical (unpaired) electrons. The van der Waals surface area contributed by atoms with Gasteiger partial charge in [-0.2, -0.15) is 0 Å². The molecule has 1 N–H and O–H groups in total. The topological polar surface area (TPSA) is 47.6 Å². The number of amides is 1. The van der Waals surface area contributed by atoms with Crippen molar-refractivity contribution >= 4 is 17.7 Å². The van der Waals surface area contributed by atoms with Crippen molar-refractivity contribution in [1.29, 1.82) is 0 Å². The fraction of sp³-hybridized carbons (Fsp3) is 0.500. The van der Waals surface area contributed by atoms with E-state index in [0.717, 1.165) is 17.9 Å². The molecule has 0 fully saturated rings. The van der Waals surface area contributed by atoms with Gasteiger partial charge in [-0.05, 0) is 50.3 Å². The molecule has 4 nitrogen and oxygen atoms in total. The van der Waals surface area contributed by atoms with Gasteiger partial charge in [0.1, 0.15) is 0 Å². The molecule has 1 aliphatic rings. The third kappa shape index (κ3) is 5.82. The number of hydrogen-bond donors (Lipinski definition) is 1. The first kappa shape index (κ1) is 17.7. The number of methoxy groups -OCH3 is 2. The Hall–Kier alpha value is -1.62. The van der Waals surface area contributed by atoms with E-state index in [1.807, 2.05) is 18.2 Å². The summed E-state index contributed by atoms with van der Waals surface area (Å²) in [7, 11) is 3.22. The maximum Gasteiger partial charge on any atom is 0.230 e. The summed E-state index contributed by atoms with van der Waals surface area (Å²) in [4.78, 5) is 12.9. The quantitative estimate of drug-likeness (QED) is 0.580. The summed E-state index contributed by atoms with van der Waals surface area (Å²) in [6, 6.07) is 5.68. The van der Waals surface area contributed by atoms with E-state index in [0.29, 0.717) is 17.3 Å². The molecule has 0 heterocycles. The van der Waals surface area contributed by atoms with Crippen molar-refractivity contribution in [2.75, 3.05) is 26.5 Å². The molecule has 0 saturated heterocycles. The Labute approximate surface area is 142 Å². The van der Waals surface area contributed by atoms with Crippen LogP contribution in [-0.2, 0) is 4.79 Å². The number of allylic oxidation sites excluding steroid dienone is 1. The van der Waals surface area contributed by atoms with Crippen LogP contribution >= 0.6 is 11.8 Å². The number of hydrogen-bond acceptors (Lipinski definition) is 4. The van der Waals surface area contributed by atoms with E-state index >= 15 is 0 Å². The first-order valence-electron chi connectivity index (χ1n) is 8.02. The molecule has 0 bridgehead atoms. The highest BCUT2D eigenvalue weighted by Gasteiger charge is 2.08. The number of nitrogens with one attached hydrogen (secondary N) is 1. The fourth-order valence-corrected chi connectivity index (χ4v) is 3.35. The number of thioether (sulfide) groups is 1. The predicted molar refractivity (Wildman–Crippen MR) is 94.4 cm³/mol. The van der Waals surface area contributed by atoms with Crippen LogP contribution in [-0.4, -0.2) is 32.4 Å². The van der Waals surface area contributed by atoms with Gasteiger partial charge in [-0.3, -0.25) is 4.79 Å². The van der Waals surface area contributed by atoms with Crippen LogP contribution in [0.15, 0.2) is 34.7 Å². The van der Waals surface area contributed by atoms with Gasteiger partial charge in [0, 0.05) is 11.4 Å². The summed E-state index contributed by atoms with van der Waals surface area (Å²) in [5.41, 5.74) is 1.49. The van der Waals surface area contributed by atoms with Crippen LogP contribution in [0.4, 0.5) is 0 Å². The molecular formula is C18H25NO3S. The van der Waals surface area contributed by atoms with Gasteiger partial charge < -0.3 is 14.8 Å². The third-order valence-corrected chi connectivity index (χ3v) is 4.87. The van der Waals surface area contributed by atoms with Gasteiger partial charge in [0.2, 0.25) is 5.91 Å². The van der Waals surface area contributed by atoms with Crippen molar-refractivity contribution in [3.8, 4) is 11.5 Å². The van der Waals surface area contributed by atoms with Gasteiger partial charge >= 0.3 is 0 Å². The van der Waals surface area contributed by atoms with E-state index in [1.165, 1.54) is 43.0 Å². The van der Waals surface area contributed by atoms with Crippen LogP contribution in [0.5, 0.6) is 11.5 Å². The molecule has 1 aromatic carbocycles. The van der Waals surface area contributed by atoms with Crippen molar-refractivity contribution in [3.05, 3.63) is 29.8 Å². The van der Waals surface area contributed by atoms with Gasteiger partial charge in [0.25, 0.3) is 0 Å². The van der Waals surface area contributed by atoms with Crippen molar-refractivity contribution in [2.24, 2.45) is 0 Å². The summed E-state index contributed by atoms with van der Waals surface area (Å²) in [6.07, 6.45) is 8.28. The summed E-state index contributed by atoms with van der Waals surface area (Å²) in [5.74, 6) is 1.86. The van der Waals surface area contributed by atoms with Crippen LogP contribution in [0.25, 0.3) is 0 Å². The van der Waals surface area contributed by atoms with Gasteiger partial charge in [-0.1, -0.05) is 11.6 Å². The van der Waals surface area contributed by atoms with Crippen molar-refractivity contribution < 1.29 is 14.3 Å². The smallest absolute Gasteiger partial charge is 0.230 e. The van der Waals surface area contributed by atoms with E-state index in [4.69, 9.17) is 9.47 Å². The molecule has 0 aliphatic heterocycles. The summed E-state index contributed by atoms with van der Waals surface area (Å²) in [6.45, 7) is 0.733. The van der Waals surface area contributed by atoms with Gasteiger partial charge in [0.05, 0.1) is 20.0 Å². The minimum atomic E-state index is 0.0706. The molecule has 0 saturated carbocycles. The number of benzene rings is 1. The molecule has 1 aliphatic carbocycles. The number of rotatable bonds is 8. The van der Waals surface area contributed by atoms with Gasteiger partial charge in [0.15, 0.2) is 11.5 Å². The molecule has 1 amide bonds. The average Bonchev–Trinajstić information content (AvgIpc) is 2.60. The Morgan fingerprint density at radius 1 is 1.22 bits per heavy atom. The summed E-state index contributed by atoms with van der Waals surface area (Å²) >= 11 is 1.50. The lowest BCUT2D eigenvalue weighted by molar-refractivity contribution is -0.118. The molecule has 2 rings (SSSR count). The molecule has 126 valence electrons. The first-order valence-corrected chi connectivity index (χ1v) is 9.01. The molecule has 5 heteroatoms. The number of carbonyl (C=O) groups excluding carboxylic acids is 1. The van der Waals surface area contributed by atoms with Crippen LogP contribution in [0.3, 0.4) is 0 Å². The highest BCUT2D eigenvalue weighted by Crippen LogP contribution is 2.31. The minimum Gasteiger partial charge on any atom is -0.493 e. The zero-order valence-electron chi connectivity index (χ0n) is 13.9. The van der Waals surface area contributed by atoms with Gasteiger partial charge in [-0.25, -0.2) is 0 Å². The monoisotopic (exact) mass is 335 g/mol. The van der Waals surface area contributed by atoms with E-state index in [1.54, 1.807) is 14.2 Å². The molecule has 0 atom stereocenters. The second-order valence-electron chi connectivity index (χ2n) is 5.51. The number of carbonyl (C=O) groups is 1. The second kappa shape index (κ2) is 9.50. The van der Waals surface area contributed by atoms with Crippen molar-refractivity contribution in [2.45, 2.75) is 37.0 Å². The number of ether oxygens (including phenoxy) is 2. The summed E-state index contributed by atoms with van der Waals surface area (Å²) in [5, 5.41) is 2.99.